The van der Waals surface area contributed by atoms with Gasteiger partial charge in [0.1, 0.15) is 5.69 Å². The third-order valence-corrected chi connectivity index (χ3v) is 2.59. The normalized spacial score (nSPS) is 10.2. The van der Waals surface area contributed by atoms with Crippen molar-refractivity contribution in [2.24, 2.45) is 0 Å². The summed E-state index contributed by atoms with van der Waals surface area (Å²) in [5, 5.41) is 2.85. The number of nitrogens with zero attached hydrogens (tertiary/aromatic N) is 1. The Morgan fingerprint density at radius 3 is 2.82 bits per heavy atom. The summed E-state index contributed by atoms with van der Waals surface area (Å²) in [6.07, 6.45) is 1.61. The van der Waals surface area contributed by atoms with Crippen LogP contribution in [0.4, 0.5) is 0 Å². The third kappa shape index (κ3) is 2.72. The van der Waals surface area contributed by atoms with E-state index in [1.807, 2.05) is 19.9 Å². The minimum absolute atomic E-state index is 0.149. The maximum Gasteiger partial charge on any atom is 0.270 e. The smallest absolute Gasteiger partial charge is 0.270 e. The fraction of sp³-hybridized carbons (Fsp3) is 0.231. The summed E-state index contributed by atoms with van der Waals surface area (Å²) < 4.78 is 0. The minimum atomic E-state index is -0.149. The van der Waals surface area contributed by atoms with Crippen LogP contribution in [0.15, 0.2) is 30.5 Å². The zero-order valence-electron chi connectivity index (χ0n) is 9.95. The number of rotatable bonds is 3. The molecule has 0 saturated carbocycles. The van der Waals surface area contributed by atoms with E-state index in [-0.39, 0.29) is 5.91 Å². The average molecular weight is 229 g/mol. The van der Waals surface area contributed by atoms with Gasteiger partial charge >= 0.3 is 0 Å². The molecule has 0 aliphatic carbocycles. The van der Waals surface area contributed by atoms with Crippen molar-refractivity contribution in [2.45, 2.75) is 20.4 Å². The van der Waals surface area contributed by atoms with E-state index in [1.54, 1.807) is 24.4 Å². The molecule has 0 bridgehead atoms. The summed E-state index contributed by atoms with van der Waals surface area (Å²) >= 11 is 0. The topological polar surface area (TPSA) is 57.8 Å². The molecule has 0 aromatic carbocycles. The van der Waals surface area contributed by atoms with E-state index in [2.05, 4.69) is 15.3 Å². The molecule has 0 fully saturated rings. The molecule has 4 nitrogen and oxygen atoms in total. The molecule has 88 valence electrons. The highest BCUT2D eigenvalue weighted by molar-refractivity contribution is 5.92. The van der Waals surface area contributed by atoms with Crippen LogP contribution in [0.2, 0.25) is 0 Å². The van der Waals surface area contributed by atoms with E-state index < -0.39 is 0 Å². The summed E-state index contributed by atoms with van der Waals surface area (Å²) in [5.41, 5.74) is 3.73. The van der Waals surface area contributed by atoms with Crippen LogP contribution in [-0.2, 0) is 6.54 Å². The molecule has 17 heavy (non-hydrogen) atoms. The number of aromatic nitrogens is 2. The van der Waals surface area contributed by atoms with E-state index in [0.29, 0.717) is 12.2 Å². The second kappa shape index (κ2) is 4.82. The molecule has 4 heteroatoms. The first kappa shape index (κ1) is 11.4. The highest BCUT2D eigenvalue weighted by atomic mass is 16.1. The summed E-state index contributed by atoms with van der Waals surface area (Å²) in [4.78, 5) is 19.0. The second-order valence-corrected chi connectivity index (χ2v) is 4.00. The van der Waals surface area contributed by atoms with E-state index >= 15 is 0 Å². The van der Waals surface area contributed by atoms with Crippen molar-refractivity contribution in [3.63, 3.8) is 0 Å². The molecule has 0 unspecified atom stereocenters. The summed E-state index contributed by atoms with van der Waals surface area (Å²) in [7, 11) is 0. The Labute approximate surface area is 100 Å². The van der Waals surface area contributed by atoms with Crippen molar-refractivity contribution in [3.8, 4) is 0 Å². The van der Waals surface area contributed by atoms with Crippen molar-refractivity contribution >= 4 is 5.91 Å². The van der Waals surface area contributed by atoms with E-state index in [9.17, 15) is 4.79 Å². The van der Waals surface area contributed by atoms with Crippen molar-refractivity contribution in [2.75, 3.05) is 0 Å². The monoisotopic (exact) mass is 229 g/mol. The number of aryl methyl sites for hydroxylation is 2. The molecule has 2 N–H and O–H groups in total. The third-order valence-electron chi connectivity index (χ3n) is 2.59. The van der Waals surface area contributed by atoms with E-state index in [1.165, 1.54) is 0 Å². The molecule has 0 atom stereocenters. The molecule has 2 aromatic rings. The lowest BCUT2D eigenvalue weighted by molar-refractivity contribution is 0.0946. The maximum atomic E-state index is 11.8. The molecule has 0 radical (unpaired) electrons. The Morgan fingerprint density at radius 1 is 1.41 bits per heavy atom. The van der Waals surface area contributed by atoms with E-state index in [0.717, 1.165) is 17.0 Å². The zero-order chi connectivity index (χ0) is 12.3. The van der Waals surface area contributed by atoms with Gasteiger partial charge in [-0.3, -0.25) is 9.78 Å². The van der Waals surface area contributed by atoms with Gasteiger partial charge in [-0.1, -0.05) is 6.07 Å². The number of carbonyl (C=O) groups excluding carboxylic acids is 1. The van der Waals surface area contributed by atoms with Gasteiger partial charge in [-0.25, -0.2) is 0 Å². The first-order valence-corrected chi connectivity index (χ1v) is 5.51. The molecular weight excluding hydrogens is 214 g/mol. The minimum Gasteiger partial charge on any atom is -0.362 e. The predicted octanol–water partition coefficient (Wildman–Crippen LogP) is 1.96. The molecule has 1 amide bonds. The van der Waals surface area contributed by atoms with Crippen LogP contribution in [0.5, 0.6) is 0 Å². The number of aromatic amines is 1. The number of hydrogen-bond donors (Lipinski definition) is 2. The van der Waals surface area contributed by atoms with Gasteiger partial charge in [0.15, 0.2) is 0 Å². The molecule has 0 aliphatic heterocycles. The lowest BCUT2D eigenvalue weighted by atomic mass is 10.2. The summed E-state index contributed by atoms with van der Waals surface area (Å²) in [5.74, 6) is -0.149. The fourth-order valence-corrected chi connectivity index (χ4v) is 1.73. The first-order chi connectivity index (χ1) is 8.16. The van der Waals surface area contributed by atoms with Crippen LogP contribution >= 0.6 is 0 Å². The van der Waals surface area contributed by atoms with Gasteiger partial charge in [0.05, 0.1) is 0 Å². The van der Waals surface area contributed by atoms with E-state index in [4.69, 9.17) is 0 Å². The Kier molecular flexibility index (Phi) is 3.23. The van der Waals surface area contributed by atoms with Crippen molar-refractivity contribution in [3.05, 3.63) is 53.1 Å². The van der Waals surface area contributed by atoms with Crippen LogP contribution in [0, 0.1) is 13.8 Å². The molecule has 0 aliphatic rings. The van der Waals surface area contributed by atoms with Gasteiger partial charge in [0, 0.05) is 24.1 Å². The van der Waals surface area contributed by atoms with Crippen molar-refractivity contribution in [1.82, 2.24) is 15.3 Å². The quantitative estimate of drug-likeness (QED) is 0.845. The Bertz CT molecular complexity index is 517. The zero-order valence-corrected chi connectivity index (χ0v) is 9.95. The maximum absolute atomic E-state index is 11.8. The van der Waals surface area contributed by atoms with Crippen LogP contribution in [-0.4, -0.2) is 15.9 Å². The Morgan fingerprint density at radius 2 is 2.24 bits per heavy atom. The largest absolute Gasteiger partial charge is 0.362 e. The molecule has 0 saturated heterocycles. The SMILES string of the molecule is Cc1cc(CNC(=O)c2ccccn2)c(C)[nH]1. The number of amides is 1. The number of carbonyl (C=O) groups is 1. The van der Waals surface area contributed by atoms with Crippen LogP contribution in [0.1, 0.15) is 27.4 Å². The molecular formula is C13H15N3O. The highest BCUT2D eigenvalue weighted by Crippen LogP contribution is 2.08. The van der Waals surface area contributed by atoms with Gasteiger partial charge in [0.2, 0.25) is 0 Å². The molecule has 0 spiro atoms. The molecule has 2 aromatic heterocycles. The van der Waals surface area contributed by atoms with Gasteiger partial charge in [-0.05, 0) is 37.6 Å². The van der Waals surface area contributed by atoms with Crippen LogP contribution in [0.25, 0.3) is 0 Å². The van der Waals surface area contributed by atoms with Gasteiger partial charge in [0.25, 0.3) is 5.91 Å². The number of hydrogen-bond acceptors (Lipinski definition) is 2. The first-order valence-electron chi connectivity index (χ1n) is 5.51. The Hall–Kier alpha value is -2.10. The summed E-state index contributed by atoms with van der Waals surface area (Å²) in [6.45, 7) is 4.51. The number of H-pyrrole nitrogens is 1. The Balaban J connectivity index is 1.99. The predicted molar refractivity (Wildman–Crippen MR) is 65.7 cm³/mol. The highest BCUT2D eigenvalue weighted by Gasteiger charge is 2.07. The van der Waals surface area contributed by atoms with Gasteiger partial charge in [-0.15, -0.1) is 0 Å². The lowest BCUT2D eigenvalue weighted by Crippen LogP contribution is -2.23. The summed E-state index contributed by atoms with van der Waals surface area (Å²) in [6, 6.07) is 7.32. The van der Waals surface area contributed by atoms with Gasteiger partial charge in [-0.2, -0.15) is 0 Å². The van der Waals surface area contributed by atoms with Crippen LogP contribution < -0.4 is 5.32 Å². The average Bonchev–Trinajstić information content (AvgIpc) is 2.66. The number of nitrogens with one attached hydrogen (secondary N) is 2. The lowest BCUT2D eigenvalue weighted by Gasteiger charge is -2.03. The van der Waals surface area contributed by atoms with Gasteiger partial charge < -0.3 is 10.3 Å². The molecule has 2 rings (SSSR count). The second-order valence-electron chi connectivity index (χ2n) is 4.00. The molecule has 2 heterocycles. The standard InChI is InChI=1S/C13H15N3O/c1-9-7-11(10(2)16-9)8-15-13(17)12-5-3-4-6-14-12/h3-7,16H,8H2,1-2H3,(H,15,17). The number of pyridine rings is 1. The van der Waals surface area contributed by atoms with Crippen molar-refractivity contribution in [1.29, 1.82) is 0 Å². The van der Waals surface area contributed by atoms with Crippen molar-refractivity contribution < 1.29 is 4.79 Å². The van der Waals surface area contributed by atoms with Crippen LogP contribution in [0.3, 0.4) is 0 Å². The fourth-order valence-electron chi connectivity index (χ4n) is 1.73.